The number of hydrogen-bond acceptors (Lipinski definition) is 3. The molecule has 0 unspecified atom stereocenters. The van der Waals surface area contributed by atoms with Crippen LogP contribution in [0.5, 0.6) is 0 Å². The summed E-state index contributed by atoms with van der Waals surface area (Å²) >= 11 is 0. The minimum atomic E-state index is -0.265. The van der Waals surface area contributed by atoms with Gasteiger partial charge >= 0.3 is 0 Å². The van der Waals surface area contributed by atoms with Gasteiger partial charge in [-0.1, -0.05) is 19.3 Å². The van der Waals surface area contributed by atoms with E-state index in [4.69, 9.17) is 5.73 Å². The van der Waals surface area contributed by atoms with Crippen molar-refractivity contribution in [3.05, 3.63) is 23.6 Å². The van der Waals surface area contributed by atoms with E-state index in [9.17, 15) is 4.39 Å². The zero-order chi connectivity index (χ0) is 13.0. The molecule has 0 bridgehead atoms. The van der Waals surface area contributed by atoms with Crippen molar-refractivity contribution in [2.75, 3.05) is 18.5 Å². The summed E-state index contributed by atoms with van der Waals surface area (Å²) in [6.45, 7) is 1.11. The van der Waals surface area contributed by atoms with Crippen LogP contribution in [0.25, 0.3) is 0 Å². The minimum absolute atomic E-state index is 0.221. The first kappa shape index (κ1) is 13.3. The molecular formula is C14H22FN3. The Balaban J connectivity index is 2.05. The molecule has 1 heterocycles. The number of pyridine rings is 1. The Morgan fingerprint density at radius 1 is 1.39 bits per heavy atom. The summed E-state index contributed by atoms with van der Waals surface area (Å²) in [6.07, 6.45) is 8.09. The molecule has 100 valence electrons. The van der Waals surface area contributed by atoms with E-state index in [1.807, 2.05) is 11.9 Å². The van der Waals surface area contributed by atoms with Gasteiger partial charge in [-0.15, -0.1) is 0 Å². The van der Waals surface area contributed by atoms with E-state index in [0.717, 1.165) is 6.54 Å². The van der Waals surface area contributed by atoms with Crippen molar-refractivity contribution >= 4 is 5.82 Å². The molecule has 1 aromatic heterocycles. The van der Waals surface area contributed by atoms with Gasteiger partial charge in [0.2, 0.25) is 0 Å². The number of hydrogen-bond donors (Lipinski definition) is 1. The van der Waals surface area contributed by atoms with Crippen molar-refractivity contribution < 1.29 is 4.39 Å². The Bertz CT molecular complexity index is 389. The number of nitrogens with zero attached hydrogens (tertiary/aromatic N) is 2. The fourth-order valence-corrected chi connectivity index (χ4v) is 2.74. The Labute approximate surface area is 108 Å². The lowest BCUT2D eigenvalue weighted by molar-refractivity contribution is 0.360. The maximum Gasteiger partial charge on any atom is 0.170 e. The summed E-state index contributed by atoms with van der Waals surface area (Å²) in [4.78, 5) is 6.08. The first-order valence-corrected chi connectivity index (χ1v) is 6.77. The molecule has 3 nitrogen and oxygen atoms in total. The summed E-state index contributed by atoms with van der Waals surface area (Å²) in [7, 11) is 1.92. The highest BCUT2D eigenvalue weighted by Gasteiger charge is 2.18. The van der Waals surface area contributed by atoms with Crippen LogP contribution >= 0.6 is 0 Å². The predicted molar refractivity (Wildman–Crippen MR) is 71.9 cm³/mol. The van der Waals surface area contributed by atoms with Crippen molar-refractivity contribution in [2.24, 2.45) is 11.7 Å². The van der Waals surface area contributed by atoms with E-state index >= 15 is 0 Å². The summed E-state index contributed by atoms with van der Waals surface area (Å²) in [5.74, 6) is 0.841. The zero-order valence-electron chi connectivity index (χ0n) is 11.0. The minimum Gasteiger partial charge on any atom is -0.357 e. The summed E-state index contributed by atoms with van der Waals surface area (Å²) in [5, 5.41) is 0. The second-order valence-corrected chi connectivity index (χ2v) is 5.20. The van der Waals surface area contributed by atoms with Crippen LogP contribution in [-0.2, 0) is 6.54 Å². The molecular weight excluding hydrogens is 229 g/mol. The molecule has 1 saturated carbocycles. The largest absolute Gasteiger partial charge is 0.357 e. The van der Waals surface area contributed by atoms with E-state index in [2.05, 4.69) is 4.98 Å². The van der Waals surface area contributed by atoms with Crippen molar-refractivity contribution in [3.63, 3.8) is 0 Å². The number of nitrogens with two attached hydrogens (primary N) is 1. The molecule has 0 saturated heterocycles. The van der Waals surface area contributed by atoms with Gasteiger partial charge in [-0.3, -0.25) is 0 Å². The summed E-state index contributed by atoms with van der Waals surface area (Å²) in [6, 6.07) is 1.65. The van der Waals surface area contributed by atoms with Crippen LogP contribution in [0.3, 0.4) is 0 Å². The zero-order valence-corrected chi connectivity index (χ0v) is 11.0. The molecule has 0 radical (unpaired) electrons. The van der Waals surface area contributed by atoms with Gasteiger partial charge in [-0.2, -0.15) is 0 Å². The average Bonchev–Trinajstić information content (AvgIpc) is 2.40. The highest BCUT2D eigenvalue weighted by Crippen LogP contribution is 2.26. The molecule has 0 aliphatic heterocycles. The fraction of sp³-hybridized carbons (Fsp3) is 0.643. The molecule has 1 fully saturated rings. The van der Waals surface area contributed by atoms with E-state index in [1.165, 1.54) is 32.1 Å². The Hall–Kier alpha value is -1.16. The van der Waals surface area contributed by atoms with E-state index in [0.29, 0.717) is 17.3 Å². The summed E-state index contributed by atoms with van der Waals surface area (Å²) < 4.78 is 14.1. The maximum absolute atomic E-state index is 14.1. The van der Waals surface area contributed by atoms with Gasteiger partial charge in [0.25, 0.3) is 0 Å². The van der Waals surface area contributed by atoms with Crippen LogP contribution in [0.15, 0.2) is 12.3 Å². The first-order valence-electron chi connectivity index (χ1n) is 6.77. The third kappa shape index (κ3) is 2.99. The SMILES string of the molecule is CN(CC1CCCCC1)c1nccc(CN)c1F. The van der Waals surface area contributed by atoms with Gasteiger partial charge in [0.05, 0.1) is 0 Å². The van der Waals surface area contributed by atoms with Crippen molar-refractivity contribution in [2.45, 2.75) is 38.6 Å². The topological polar surface area (TPSA) is 42.2 Å². The van der Waals surface area contributed by atoms with Crippen molar-refractivity contribution in [1.82, 2.24) is 4.98 Å². The highest BCUT2D eigenvalue weighted by molar-refractivity contribution is 5.42. The van der Waals surface area contributed by atoms with Crippen LogP contribution in [0.4, 0.5) is 10.2 Å². The first-order chi connectivity index (χ1) is 8.72. The quantitative estimate of drug-likeness (QED) is 0.894. The number of anilines is 1. The van der Waals surface area contributed by atoms with E-state index < -0.39 is 0 Å². The molecule has 1 aromatic rings. The third-order valence-electron chi connectivity index (χ3n) is 3.79. The number of aromatic nitrogens is 1. The summed E-state index contributed by atoms with van der Waals surface area (Å²) in [5.41, 5.74) is 6.06. The average molecular weight is 251 g/mol. The molecule has 0 atom stereocenters. The van der Waals surface area contributed by atoms with Crippen LogP contribution in [0.1, 0.15) is 37.7 Å². The lowest BCUT2D eigenvalue weighted by Gasteiger charge is -2.28. The van der Waals surface area contributed by atoms with E-state index in [-0.39, 0.29) is 12.4 Å². The van der Waals surface area contributed by atoms with E-state index in [1.54, 1.807) is 12.3 Å². The molecule has 1 aliphatic carbocycles. The molecule has 4 heteroatoms. The smallest absolute Gasteiger partial charge is 0.170 e. The fourth-order valence-electron chi connectivity index (χ4n) is 2.74. The Morgan fingerprint density at radius 2 is 2.11 bits per heavy atom. The molecule has 0 spiro atoms. The molecule has 2 N–H and O–H groups in total. The number of halogens is 1. The Morgan fingerprint density at radius 3 is 2.78 bits per heavy atom. The monoisotopic (exact) mass is 251 g/mol. The lowest BCUT2D eigenvalue weighted by atomic mass is 9.89. The normalized spacial score (nSPS) is 16.8. The maximum atomic E-state index is 14.1. The van der Waals surface area contributed by atoms with Crippen LogP contribution in [0.2, 0.25) is 0 Å². The van der Waals surface area contributed by atoms with Gasteiger partial charge in [-0.25, -0.2) is 9.37 Å². The van der Waals surface area contributed by atoms with Crippen LogP contribution in [0, 0.1) is 11.7 Å². The van der Waals surface area contributed by atoms with Crippen LogP contribution < -0.4 is 10.6 Å². The number of rotatable bonds is 4. The second-order valence-electron chi connectivity index (χ2n) is 5.20. The van der Waals surface area contributed by atoms with Gasteiger partial charge in [0.1, 0.15) is 0 Å². The van der Waals surface area contributed by atoms with Gasteiger partial charge in [0.15, 0.2) is 11.6 Å². The third-order valence-corrected chi connectivity index (χ3v) is 3.79. The van der Waals surface area contributed by atoms with Crippen molar-refractivity contribution in [3.8, 4) is 0 Å². The van der Waals surface area contributed by atoms with Crippen LogP contribution in [-0.4, -0.2) is 18.6 Å². The predicted octanol–water partition coefficient (Wildman–Crippen LogP) is 2.70. The van der Waals surface area contributed by atoms with Gasteiger partial charge in [0, 0.05) is 31.9 Å². The molecule has 2 rings (SSSR count). The van der Waals surface area contributed by atoms with Gasteiger partial charge < -0.3 is 10.6 Å². The lowest BCUT2D eigenvalue weighted by Crippen LogP contribution is -2.28. The standard InChI is InChI=1S/C14H22FN3/c1-18(10-11-5-3-2-4-6-11)14-13(15)12(9-16)7-8-17-14/h7-8,11H,2-6,9-10,16H2,1H3. The molecule has 18 heavy (non-hydrogen) atoms. The molecule has 1 aliphatic rings. The van der Waals surface area contributed by atoms with Crippen molar-refractivity contribution in [1.29, 1.82) is 0 Å². The molecule has 0 amide bonds. The highest BCUT2D eigenvalue weighted by atomic mass is 19.1. The van der Waals surface area contributed by atoms with Gasteiger partial charge in [-0.05, 0) is 24.8 Å². The molecule has 0 aromatic carbocycles. The Kier molecular flexibility index (Phi) is 4.53. The second kappa shape index (κ2) is 6.14.